The van der Waals surface area contributed by atoms with Crippen molar-refractivity contribution in [2.45, 2.75) is 25.4 Å². The van der Waals surface area contributed by atoms with E-state index in [1.165, 1.54) is 7.11 Å². The molecule has 1 aliphatic heterocycles. The maximum absolute atomic E-state index is 11.4. The average Bonchev–Trinajstić information content (AvgIpc) is 2.41. The lowest BCUT2D eigenvalue weighted by molar-refractivity contribution is 0.0600. The number of likely N-dealkylation sites (tertiary alicyclic amines) is 1. The Kier molecular flexibility index (Phi) is 4.33. The van der Waals surface area contributed by atoms with Crippen LogP contribution in [0.1, 0.15) is 28.8 Å². The van der Waals surface area contributed by atoms with E-state index in [1.807, 2.05) is 18.2 Å². The van der Waals surface area contributed by atoms with E-state index in [4.69, 9.17) is 10.5 Å². The van der Waals surface area contributed by atoms with Crippen LogP contribution in [0.5, 0.6) is 0 Å². The summed E-state index contributed by atoms with van der Waals surface area (Å²) in [5, 5.41) is 0. The molecule has 1 saturated heterocycles. The first-order valence-electron chi connectivity index (χ1n) is 6.34. The fourth-order valence-corrected chi connectivity index (χ4v) is 2.28. The Bertz CT molecular complexity index is 412. The molecule has 0 amide bonds. The van der Waals surface area contributed by atoms with E-state index in [2.05, 4.69) is 4.90 Å². The maximum atomic E-state index is 11.4. The molecule has 1 aromatic carbocycles. The van der Waals surface area contributed by atoms with Crippen LogP contribution in [0.3, 0.4) is 0 Å². The van der Waals surface area contributed by atoms with Gasteiger partial charge < -0.3 is 10.5 Å². The summed E-state index contributed by atoms with van der Waals surface area (Å²) in [6.07, 6.45) is 2.10. The number of esters is 1. The van der Waals surface area contributed by atoms with Gasteiger partial charge in [-0.1, -0.05) is 12.1 Å². The second-order valence-electron chi connectivity index (χ2n) is 4.81. The van der Waals surface area contributed by atoms with E-state index in [0.717, 1.165) is 38.0 Å². The van der Waals surface area contributed by atoms with Crippen LogP contribution in [0, 0.1) is 0 Å². The Morgan fingerprint density at radius 3 is 2.83 bits per heavy atom. The van der Waals surface area contributed by atoms with Gasteiger partial charge in [0.25, 0.3) is 0 Å². The molecule has 1 aliphatic rings. The van der Waals surface area contributed by atoms with E-state index < -0.39 is 0 Å². The second-order valence-corrected chi connectivity index (χ2v) is 4.81. The summed E-state index contributed by atoms with van der Waals surface area (Å²) < 4.78 is 4.73. The standard InChI is InChI=1S/C14H20N2O2/c1-18-14(17)12-4-2-3-11(9-12)10-16-7-5-13(15)6-8-16/h2-4,9,13H,5-8,10,15H2,1H3. The zero-order chi connectivity index (χ0) is 13.0. The molecule has 0 spiro atoms. The quantitative estimate of drug-likeness (QED) is 0.821. The number of nitrogens with two attached hydrogens (primary N) is 1. The highest BCUT2D eigenvalue weighted by molar-refractivity contribution is 5.89. The molecular formula is C14H20N2O2. The highest BCUT2D eigenvalue weighted by Gasteiger charge is 2.16. The number of rotatable bonds is 3. The molecule has 1 heterocycles. The average molecular weight is 248 g/mol. The summed E-state index contributed by atoms with van der Waals surface area (Å²) in [4.78, 5) is 13.8. The van der Waals surface area contributed by atoms with Gasteiger partial charge in [0, 0.05) is 12.6 Å². The largest absolute Gasteiger partial charge is 0.465 e. The maximum Gasteiger partial charge on any atom is 0.337 e. The summed E-state index contributed by atoms with van der Waals surface area (Å²) >= 11 is 0. The van der Waals surface area contributed by atoms with Crippen LogP contribution in [0.25, 0.3) is 0 Å². The minimum atomic E-state index is -0.280. The number of ether oxygens (including phenoxy) is 1. The summed E-state index contributed by atoms with van der Waals surface area (Å²) in [5.41, 5.74) is 7.65. The molecule has 98 valence electrons. The molecule has 0 aromatic heterocycles. The highest BCUT2D eigenvalue weighted by Crippen LogP contribution is 2.14. The molecule has 4 nitrogen and oxygen atoms in total. The summed E-state index contributed by atoms with van der Waals surface area (Å²) in [7, 11) is 1.40. The van der Waals surface area contributed by atoms with Crippen molar-refractivity contribution in [3.63, 3.8) is 0 Å². The topological polar surface area (TPSA) is 55.6 Å². The van der Waals surface area contributed by atoms with Crippen molar-refractivity contribution in [3.05, 3.63) is 35.4 Å². The predicted molar refractivity (Wildman–Crippen MR) is 70.3 cm³/mol. The third-order valence-corrected chi connectivity index (χ3v) is 3.39. The number of carbonyl (C=O) groups excluding carboxylic acids is 1. The fourth-order valence-electron chi connectivity index (χ4n) is 2.28. The third kappa shape index (κ3) is 3.31. The molecule has 1 fully saturated rings. The highest BCUT2D eigenvalue weighted by atomic mass is 16.5. The van der Waals surface area contributed by atoms with E-state index in [0.29, 0.717) is 11.6 Å². The normalized spacial score (nSPS) is 17.7. The SMILES string of the molecule is COC(=O)c1cccc(CN2CCC(N)CC2)c1. The minimum Gasteiger partial charge on any atom is -0.465 e. The summed E-state index contributed by atoms with van der Waals surface area (Å²) in [6.45, 7) is 2.94. The Morgan fingerprint density at radius 2 is 2.17 bits per heavy atom. The van der Waals surface area contributed by atoms with Gasteiger partial charge in [-0.3, -0.25) is 4.90 Å². The van der Waals surface area contributed by atoms with Crippen LogP contribution >= 0.6 is 0 Å². The third-order valence-electron chi connectivity index (χ3n) is 3.39. The van der Waals surface area contributed by atoms with Gasteiger partial charge in [-0.15, -0.1) is 0 Å². The molecule has 0 radical (unpaired) electrons. The molecule has 0 unspecified atom stereocenters. The van der Waals surface area contributed by atoms with Crippen molar-refractivity contribution < 1.29 is 9.53 Å². The first-order chi connectivity index (χ1) is 8.69. The molecule has 4 heteroatoms. The Balaban J connectivity index is 1.99. The van der Waals surface area contributed by atoms with Crippen LogP contribution in [0.2, 0.25) is 0 Å². The predicted octanol–water partition coefficient (Wildman–Crippen LogP) is 1.40. The van der Waals surface area contributed by atoms with Crippen LogP contribution in [-0.4, -0.2) is 37.1 Å². The first kappa shape index (κ1) is 13.1. The van der Waals surface area contributed by atoms with E-state index in [-0.39, 0.29) is 5.97 Å². The number of carbonyl (C=O) groups is 1. The number of methoxy groups -OCH3 is 1. The monoisotopic (exact) mass is 248 g/mol. The molecular weight excluding hydrogens is 228 g/mol. The van der Waals surface area contributed by atoms with Gasteiger partial charge in [0.15, 0.2) is 0 Å². The Morgan fingerprint density at radius 1 is 1.44 bits per heavy atom. The Hall–Kier alpha value is -1.39. The van der Waals surface area contributed by atoms with Crippen molar-refractivity contribution in [1.29, 1.82) is 0 Å². The van der Waals surface area contributed by atoms with Gasteiger partial charge >= 0.3 is 5.97 Å². The zero-order valence-corrected chi connectivity index (χ0v) is 10.8. The molecule has 1 aromatic rings. The number of hydrogen-bond donors (Lipinski definition) is 1. The molecule has 2 rings (SSSR count). The number of hydrogen-bond acceptors (Lipinski definition) is 4. The minimum absolute atomic E-state index is 0.280. The van der Waals surface area contributed by atoms with Crippen molar-refractivity contribution >= 4 is 5.97 Å². The first-order valence-corrected chi connectivity index (χ1v) is 6.34. The van der Waals surface area contributed by atoms with Gasteiger partial charge in [0.2, 0.25) is 0 Å². The second kappa shape index (κ2) is 5.98. The molecule has 0 bridgehead atoms. The smallest absolute Gasteiger partial charge is 0.337 e. The van der Waals surface area contributed by atoms with Crippen LogP contribution < -0.4 is 5.73 Å². The molecule has 0 atom stereocenters. The number of nitrogens with zero attached hydrogens (tertiary/aromatic N) is 1. The molecule has 0 saturated carbocycles. The van der Waals surface area contributed by atoms with Gasteiger partial charge in [0.1, 0.15) is 0 Å². The lowest BCUT2D eigenvalue weighted by Crippen LogP contribution is -2.39. The van der Waals surface area contributed by atoms with Crippen molar-refractivity contribution in [2.24, 2.45) is 5.73 Å². The van der Waals surface area contributed by atoms with E-state index >= 15 is 0 Å². The van der Waals surface area contributed by atoms with Gasteiger partial charge in [-0.05, 0) is 43.6 Å². The van der Waals surface area contributed by atoms with Gasteiger partial charge in [-0.2, -0.15) is 0 Å². The van der Waals surface area contributed by atoms with Crippen molar-refractivity contribution in [3.8, 4) is 0 Å². The van der Waals surface area contributed by atoms with Gasteiger partial charge in [0.05, 0.1) is 12.7 Å². The van der Waals surface area contributed by atoms with Crippen molar-refractivity contribution in [1.82, 2.24) is 4.90 Å². The van der Waals surface area contributed by atoms with Crippen LogP contribution in [0.4, 0.5) is 0 Å². The molecule has 0 aliphatic carbocycles. The number of benzene rings is 1. The lowest BCUT2D eigenvalue weighted by Gasteiger charge is -2.30. The fraction of sp³-hybridized carbons (Fsp3) is 0.500. The van der Waals surface area contributed by atoms with Crippen LogP contribution in [-0.2, 0) is 11.3 Å². The number of piperidine rings is 1. The summed E-state index contributed by atoms with van der Waals surface area (Å²) in [6, 6.07) is 7.97. The van der Waals surface area contributed by atoms with Gasteiger partial charge in [-0.25, -0.2) is 4.79 Å². The lowest BCUT2D eigenvalue weighted by atomic mass is 10.0. The van der Waals surface area contributed by atoms with E-state index in [1.54, 1.807) is 6.07 Å². The molecule has 18 heavy (non-hydrogen) atoms. The van der Waals surface area contributed by atoms with Crippen molar-refractivity contribution in [2.75, 3.05) is 20.2 Å². The zero-order valence-electron chi connectivity index (χ0n) is 10.8. The summed E-state index contributed by atoms with van der Waals surface area (Å²) in [5.74, 6) is -0.280. The molecule has 2 N–H and O–H groups in total. The van der Waals surface area contributed by atoms with E-state index in [9.17, 15) is 4.79 Å². The Labute approximate surface area is 108 Å². The van der Waals surface area contributed by atoms with Crippen LogP contribution in [0.15, 0.2) is 24.3 Å².